The molecule has 0 saturated carbocycles. The second-order valence-corrected chi connectivity index (χ2v) is 9.06. The number of nitrogens with one attached hydrogen (secondary N) is 1. The highest BCUT2D eigenvalue weighted by Gasteiger charge is 2.39. The van der Waals surface area contributed by atoms with Crippen LogP contribution in [0.2, 0.25) is 5.02 Å². The van der Waals surface area contributed by atoms with Crippen molar-refractivity contribution in [3.05, 3.63) is 23.2 Å². The van der Waals surface area contributed by atoms with Gasteiger partial charge >= 0.3 is 0 Å². The third-order valence-corrected chi connectivity index (χ3v) is 6.50. The van der Waals surface area contributed by atoms with Crippen LogP contribution in [0.1, 0.15) is 13.3 Å². The standard InChI is InChI=1S/C13H17ClN2O3S2/c1-13(4-5-21(18,19)8-13)16-12(17)7-20-11-3-2-9(14)6-10(11)15/h2-3,6H,4-5,7-8,15H2,1H3,(H,16,17). The molecule has 8 heteroatoms. The second kappa shape index (κ2) is 6.06. The summed E-state index contributed by atoms with van der Waals surface area (Å²) in [5, 5.41) is 3.35. The average molecular weight is 349 g/mol. The quantitative estimate of drug-likeness (QED) is 0.638. The zero-order valence-electron chi connectivity index (χ0n) is 11.6. The molecular weight excluding hydrogens is 332 g/mol. The van der Waals surface area contributed by atoms with Crippen LogP contribution in [-0.2, 0) is 14.6 Å². The third-order valence-electron chi connectivity index (χ3n) is 3.28. The lowest BCUT2D eigenvalue weighted by Crippen LogP contribution is -2.47. The van der Waals surface area contributed by atoms with Crippen molar-refractivity contribution in [2.24, 2.45) is 0 Å². The number of nitrogen functional groups attached to an aromatic ring is 1. The Hall–Kier alpha value is -0.920. The second-order valence-electron chi connectivity index (χ2n) is 5.42. The fourth-order valence-corrected chi connectivity index (χ4v) is 5.30. The molecule has 1 aliphatic rings. The molecule has 1 saturated heterocycles. The highest BCUT2D eigenvalue weighted by atomic mass is 35.5. The predicted molar refractivity (Wildman–Crippen MR) is 86.4 cm³/mol. The van der Waals surface area contributed by atoms with Crippen LogP contribution in [0.25, 0.3) is 0 Å². The van der Waals surface area contributed by atoms with Gasteiger partial charge in [-0.1, -0.05) is 11.6 Å². The summed E-state index contributed by atoms with van der Waals surface area (Å²) >= 11 is 7.11. The summed E-state index contributed by atoms with van der Waals surface area (Å²) in [6.45, 7) is 1.76. The number of hydrogen-bond donors (Lipinski definition) is 2. The number of halogens is 1. The molecule has 1 unspecified atom stereocenters. The van der Waals surface area contributed by atoms with Crippen LogP contribution in [-0.4, -0.2) is 37.1 Å². The fraction of sp³-hybridized carbons (Fsp3) is 0.462. The van der Waals surface area contributed by atoms with Gasteiger partial charge in [-0.25, -0.2) is 8.42 Å². The molecule has 1 aliphatic heterocycles. The first-order valence-electron chi connectivity index (χ1n) is 6.38. The van der Waals surface area contributed by atoms with Crippen LogP contribution in [0.4, 0.5) is 5.69 Å². The van der Waals surface area contributed by atoms with Gasteiger partial charge in [-0.2, -0.15) is 0 Å². The van der Waals surface area contributed by atoms with Gasteiger partial charge in [-0.15, -0.1) is 11.8 Å². The van der Waals surface area contributed by atoms with Crippen molar-refractivity contribution in [2.75, 3.05) is 23.0 Å². The summed E-state index contributed by atoms with van der Waals surface area (Å²) in [7, 11) is -3.03. The van der Waals surface area contributed by atoms with Gasteiger partial charge < -0.3 is 11.1 Å². The van der Waals surface area contributed by atoms with Crippen molar-refractivity contribution in [3.63, 3.8) is 0 Å². The maximum Gasteiger partial charge on any atom is 0.230 e. The van der Waals surface area contributed by atoms with Crippen LogP contribution >= 0.6 is 23.4 Å². The summed E-state index contributed by atoms with van der Waals surface area (Å²) in [4.78, 5) is 12.7. The number of thioether (sulfide) groups is 1. The van der Waals surface area contributed by atoms with Crippen LogP contribution in [0.3, 0.4) is 0 Å². The molecule has 1 amide bonds. The number of nitrogens with two attached hydrogens (primary N) is 1. The first-order chi connectivity index (χ1) is 9.69. The number of sulfone groups is 1. The van der Waals surface area contributed by atoms with Crippen molar-refractivity contribution in [3.8, 4) is 0 Å². The number of carbonyl (C=O) groups is 1. The Labute approximate surface area is 133 Å². The first kappa shape index (κ1) is 16.5. The van der Waals surface area contributed by atoms with E-state index >= 15 is 0 Å². The highest BCUT2D eigenvalue weighted by Crippen LogP contribution is 2.28. The lowest BCUT2D eigenvalue weighted by atomic mass is 10.0. The summed E-state index contributed by atoms with van der Waals surface area (Å²) in [5.74, 6) is 0.108. The molecule has 0 spiro atoms. The molecule has 1 atom stereocenters. The first-order valence-corrected chi connectivity index (χ1v) is 9.57. The van der Waals surface area contributed by atoms with Crippen LogP contribution in [0.5, 0.6) is 0 Å². The van der Waals surface area contributed by atoms with Crippen molar-refractivity contribution in [1.29, 1.82) is 0 Å². The van der Waals surface area contributed by atoms with Crippen LogP contribution in [0, 0.1) is 0 Å². The maximum atomic E-state index is 12.0. The molecule has 0 aromatic heterocycles. The van der Waals surface area contributed by atoms with E-state index in [2.05, 4.69) is 5.32 Å². The van der Waals surface area contributed by atoms with E-state index in [1.807, 2.05) is 0 Å². The van der Waals surface area contributed by atoms with Gasteiger partial charge in [-0.3, -0.25) is 4.79 Å². The van der Waals surface area contributed by atoms with E-state index in [0.29, 0.717) is 17.1 Å². The molecule has 0 bridgehead atoms. The minimum atomic E-state index is -3.03. The highest BCUT2D eigenvalue weighted by molar-refractivity contribution is 8.00. The molecule has 21 heavy (non-hydrogen) atoms. The molecule has 116 valence electrons. The summed E-state index contributed by atoms with van der Waals surface area (Å²) in [5.41, 5.74) is 5.67. The lowest BCUT2D eigenvalue weighted by Gasteiger charge is -2.23. The fourth-order valence-electron chi connectivity index (χ4n) is 2.28. The van der Waals surface area contributed by atoms with E-state index < -0.39 is 15.4 Å². The Morgan fingerprint density at radius 1 is 1.52 bits per heavy atom. The van der Waals surface area contributed by atoms with Gasteiger partial charge in [0.05, 0.1) is 22.8 Å². The van der Waals surface area contributed by atoms with Crippen molar-refractivity contribution < 1.29 is 13.2 Å². The van der Waals surface area contributed by atoms with Crippen molar-refractivity contribution in [1.82, 2.24) is 5.32 Å². The zero-order chi connectivity index (χ0) is 15.7. The summed E-state index contributed by atoms with van der Waals surface area (Å²) in [6, 6.07) is 5.10. The smallest absolute Gasteiger partial charge is 0.230 e. The molecule has 0 radical (unpaired) electrons. The van der Waals surface area contributed by atoms with E-state index in [1.54, 1.807) is 25.1 Å². The Kier molecular flexibility index (Phi) is 4.75. The topological polar surface area (TPSA) is 89.3 Å². The van der Waals surface area contributed by atoms with E-state index in [4.69, 9.17) is 17.3 Å². The number of amides is 1. The Bertz CT molecular complexity index is 663. The molecule has 2 rings (SSSR count). The molecule has 1 fully saturated rings. The Balaban J connectivity index is 1.91. The van der Waals surface area contributed by atoms with Crippen LogP contribution in [0.15, 0.2) is 23.1 Å². The zero-order valence-corrected chi connectivity index (χ0v) is 13.9. The number of benzene rings is 1. The number of hydrogen-bond acceptors (Lipinski definition) is 5. The number of carbonyl (C=O) groups excluding carboxylic acids is 1. The lowest BCUT2D eigenvalue weighted by molar-refractivity contribution is -0.120. The molecule has 1 heterocycles. The van der Waals surface area contributed by atoms with Gasteiger partial charge in [0.2, 0.25) is 5.91 Å². The predicted octanol–water partition coefficient (Wildman–Crippen LogP) is 1.71. The monoisotopic (exact) mass is 348 g/mol. The molecule has 0 aliphatic carbocycles. The Morgan fingerprint density at radius 2 is 2.24 bits per heavy atom. The minimum Gasteiger partial charge on any atom is -0.398 e. The Morgan fingerprint density at radius 3 is 2.81 bits per heavy atom. The molecular formula is C13H17ClN2O3S2. The molecule has 5 nitrogen and oxygen atoms in total. The number of anilines is 1. The van der Waals surface area contributed by atoms with Crippen molar-refractivity contribution >= 4 is 44.8 Å². The van der Waals surface area contributed by atoms with Gasteiger partial charge in [0, 0.05) is 15.6 Å². The van der Waals surface area contributed by atoms with E-state index in [0.717, 1.165) is 4.90 Å². The summed E-state index contributed by atoms with van der Waals surface area (Å²) in [6.07, 6.45) is 0.453. The van der Waals surface area contributed by atoms with Crippen LogP contribution < -0.4 is 11.1 Å². The minimum absolute atomic E-state index is 0.000505. The SMILES string of the molecule is CC1(NC(=O)CSc2ccc(Cl)cc2N)CCS(=O)(=O)C1. The molecule has 3 N–H and O–H groups in total. The van der Waals surface area contributed by atoms with E-state index in [1.165, 1.54) is 11.8 Å². The van der Waals surface area contributed by atoms with E-state index in [9.17, 15) is 13.2 Å². The normalized spacial score (nSPS) is 23.9. The van der Waals surface area contributed by atoms with Gasteiger partial charge in [-0.05, 0) is 31.5 Å². The van der Waals surface area contributed by atoms with Gasteiger partial charge in [0.25, 0.3) is 0 Å². The summed E-state index contributed by atoms with van der Waals surface area (Å²) < 4.78 is 23.0. The number of rotatable bonds is 4. The van der Waals surface area contributed by atoms with Gasteiger partial charge in [0.1, 0.15) is 0 Å². The van der Waals surface area contributed by atoms with Crippen molar-refractivity contribution in [2.45, 2.75) is 23.8 Å². The third kappa shape index (κ3) is 4.52. The van der Waals surface area contributed by atoms with E-state index in [-0.39, 0.29) is 23.2 Å². The van der Waals surface area contributed by atoms with Gasteiger partial charge in [0.15, 0.2) is 9.84 Å². The largest absolute Gasteiger partial charge is 0.398 e. The molecule has 1 aromatic rings. The molecule has 1 aromatic carbocycles. The average Bonchev–Trinajstić information content (AvgIpc) is 2.62. The maximum absolute atomic E-state index is 12.0.